The lowest BCUT2D eigenvalue weighted by atomic mass is 10.1. The van der Waals surface area contributed by atoms with Crippen molar-refractivity contribution in [3.63, 3.8) is 0 Å². The fourth-order valence-corrected chi connectivity index (χ4v) is 1.97. The maximum atomic E-state index is 12.1. The zero-order chi connectivity index (χ0) is 11.6. The Labute approximate surface area is 87.0 Å². The fraction of sp³-hybridized carbons (Fsp3) is 1.00. The molecule has 0 amide bonds. The molecule has 1 saturated heterocycles. The maximum Gasteiger partial charge on any atom is 0.415 e. The summed E-state index contributed by atoms with van der Waals surface area (Å²) in [5.74, 6) is 0.250. The first-order chi connectivity index (χ1) is 6.84. The molecule has 0 saturated carbocycles. The molecule has 0 aromatic heterocycles. The van der Waals surface area contributed by atoms with Gasteiger partial charge in [-0.3, -0.25) is 4.90 Å². The number of aliphatic hydroxyl groups excluding tert-OH is 1. The number of hydrogen-bond donors (Lipinski definition) is 2. The summed E-state index contributed by atoms with van der Waals surface area (Å²) in [6, 6.07) is 0.0653. The first-order valence-corrected chi connectivity index (χ1v) is 5.03. The minimum absolute atomic E-state index is 0.0653. The number of nitrogens with two attached hydrogens (primary N) is 1. The summed E-state index contributed by atoms with van der Waals surface area (Å²) in [6.45, 7) is 2.55. The zero-order valence-electron chi connectivity index (χ0n) is 8.67. The van der Waals surface area contributed by atoms with Crippen LogP contribution in [-0.4, -0.2) is 48.0 Å². The van der Waals surface area contributed by atoms with Gasteiger partial charge in [-0.1, -0.05) is 0 Å². The van der Waals surface area contributed by atoms with Crippen molar-refractivity contribution in [3.05, 3.63) is 0 Å². The van der Waals surface area contributed by atoms with Crippen LogP contribution in [-0.2, 0) is 0 Å². The summed E-state index contributed by atoms with van der Waals surface area (Å²) in [7, 11) is 0. The molecule has 1 rings (SSSR count). The van der Waals surface area contributed by atoms with Gasteiger partial charge >= 0.3 is 6.18 Å². The number of β-amino-alcohol motifs (C(OH)–C–C–N with tert-alkyl or cyclic N) is 1. The Kier molecular flexibility index (Phi) is 3.97. The normalized spacial score (nSPS) is 30.8. The lowest BCUT2D eigenvalue weighted by Crippen LogP contribution is -2.42. The Morgan fingerprint density at radius 2 is 2.13 bits per heavy atom. The first-order valence-electron chi connectivity index (χ1n) is 5.03. The molecule has 90 valence electrons. The number of likely N-dealkylation sites (tertiary alicyclic amines) is 1. The molecule has 1 fully saturated rings. The Bertz CT molecular complexity index is 210. The summed E-state index contributed by atoms with van der Waals surface area (Å²) in [4.78, 5) is 1.65. The van der Waals surface area contributed by atoms with Gasteiger partial charge in [0.05, 0.1) is 0 Å². The van der Waals surface area contributed by atoms with Gasteiger partial charge in [0.2, 0.25) is 0 Å². The predicted molar refractivity (Wildman–Crippen MR) is 50.3 cm³/mol. The van der Waals surface area contributed by atoms with E-state index in [0.29, 0.717) is 13.1 Å². The maximum absolute atomic E-state index is 12.1. The van der Waals surface area contributed by atoms with Crippen molar-refractivity contribution in [2.45, 2.75) is 31.7 Å². The van der Waals surface area contributed by atoms with E-state index in [0.717, 1.165) is 6.42 Å². The smallest absolute Gasteiger partial charge is 0.382 e. The van der Waals surface area contributed by atoms with Crippen molar-refractivity contribution in [1.82, 2.24) is 4.90 Å². The SMILES string of the molecule is CC1CC(CN)CN1CC(O)C(F)(F)F. The van der Waals surface area contributed by atoms with Crippen molar-refractivity contribution in [2.75, 3.05) is 19.6 Å². The van der Waals surface area contributed by atoms with Crippen LogP contribution in [0.1, 0.15) is 13.3 Å². The topological polar surface area (TPSA) is 49.5 Å². The summed E-state index contributed by atoms with van der Waals surface area (Å²) in [5.41, 5.74) is 5.46. The van der Waals surface area contributed by atoms with Crippen LogP contribution in [0.3, 0.4) is 0 Å². The largest absolute Gasteiger partial charge is 0.415 e. The molecule has 3 unspecified atom stereocenters. The van der Waals surface area contributed by atoms with Gasteiger partial charge in [0, 0.05) is 19.1 Å². The molecule has 3 N–H and O–H groups in total. The molecule has 0 bridgehead atoms. The number of rotatable bonds is 3. The van der Waals surface area contributed by atoms with E-state index >= 15 is 0 Å². The van der Waals surface area contributed by atoms with E-state index in [2.05, 4.69) is 0 Å². The number of nitrogens with zero attached hydrogens (tertiary/aromatic N) is 1. The molecule has 6 heteroatoms. The molecule has 0 spiro atoms. The van der Waals surface area contributed by atoms with Gasteiger partial charge in [-0.05, 0) is 25.8 Å². The van der Waals surface area contributed by atoms with E-state index in [9.17, 15) is 13.2 Å². The van der Waals surface area contributed by atoms with Gasteiger partial charge in [0.1, 0.15) is 0 Å². The standard InChI is InChI=1S/C9H17F3N2O/c1-6-2-7(3-13)4-14(6)5-8(15)9(10,11)12/h6-8,15H,2-5,13H2,1H3. The Balaban J connectivity index is 2.46. The van der Waals surface area contributed by atoms with E-state index < -0.39 is 12.3 Å². The van der Waals surface area contributed by atoms with Gasteiger partial charge in [0.25, 0.3) is 0 Å². The minimum Gasteiger partial charge on any atom is -0.382 e. The quantitative estimate of drug-likeness (QED) is 0.740. The fourth-order valence-electron chi connectivity index (χ4n) is 1.97. The van der Waals surface area contributed by atoms with E-state index in [1.165, 1.54) is 0 Å². The molecule has 1 heterocycles. The van der Waals surface area contributed by atoms with Crippen LogP contribution in [0.25, 0.3) is 0 Å². The van der Waals surface area contributed by atoms with Crippen LogP contribution in [0.15, 0.2) is 0 Å². The van der Waals surface area contributed by atoms with Gasteiger partial charge in [0.15, 0.2) is 6.10 Å². The van der Waals surface area contributed by atoms with Gasteiger partial charge in [-0.15, -0.1) is 0 Å². The lowest BCUT2D eigenvalue weighted by Gasteiger charge is -2.25. The number of hydrogen-bond acceptors (Lipinski definition) is 3. The van der Waals surface area contributed by atoms with E-state index in [1.807, 2.05) is 6.92 Å². The third-order valence-electron chi connectivity index (χ3n) is 2.91. The average molecular weight is 226 g/mol. The van der Waals surface area contributed by atoms with Crippen LogP contribution < -0.4 is 5.73 Å². The average Bonchev–Trinajstić information content (AvgIpc) is 2.45. The number of halogens is 3. The Hall–Kier alpha value is -0.330. The molecule has 1 aliphatic rings. The molecule has 0 aliphatic carbocycles. The molecular formula is C9H17F3N2O. The second-order valence-electron chi connectivity index (χ2n) is 4.20. The molecule has 1 aliphatic heterocycles. The summed E-state index contributed by atoms with van der Waals surface area (Å²) >= 11 is 0. The van der Waals surface area contributed by atoms with Crippen molar-refractivity contribution in [3.8, 4) is 0 Å². The molecule has 0 aromatic rings. The molecule has 3 nitrogen and oxygen atoms in total. The van der Waals surface area contributed by atoms with E-state index in [-0.39, 0.29) is 18.5 Å². The van der Waals surface area contributed by atoms with Crippen molar-refractivity contribution in [2.24, 2.45) is 11.7 Å². The highest BCUT2D eigenvalue weighted by atomic mass is 19.4. The van der Waals surface area contributed by atoms with Crippen molar-refractivity contribution < 1.29 is 18.3 Å². The number of alkyl halides is 3. The van der Waals surface area contributed by atoms with E-state index in [4.69, 9.17) is 10.8 Å². The summed E-state index contributed by atoms with van der Waals surface area (Å²) in [6.07, 6.45) is -5.97. The van der Waals surface area contributed by atoms with Crippen LogP contribution in [0, 0.1) is 5.92 Å². The highest BCUT2D eigenvalue weighted by Gasteiger charge is 2.41. The van der Waals surface area contributed by atoms with Crippen LogP contribution in [0.5, 0.6) is 0 Å². The monoisotopic (exact) mass is 226 g/mol. The van der Waals surface area contributed by atoms with Gasteiger partial charge in [-0.2, -0.15) is 13.2 Å². The summed E-state index contributed by atoms with van der Waals surface area (Å²) in [5, 5.41) is 8.92. The van der Waals surface area contributed by atoms with E-state index in [1.54, 1.807) is 4.90 Å². The van der Waals surface area contributed by atoms with Crippen LogP contribution >= 0.6 is 0 Å². The molecule has 15 heavy (non-hydrogen) atoms. The Morgan fingerprint density at radius 1 is 1.53 bits per heavy atom. The molecule has 3 atom stereocenters. The predicted octanol–water partition coefficient (Wildman–Crippen LogP) is 0.579. The molecule has 0 radical (unpaired) electrons. The number of aliphatic hydroxyl groups is 1. The summed E-state index contributed by atoms with van der Waals surface area (Å²) < 4.78 is 36.3. The highest BCUT2D eigenvalue weighted by Crippen LogP contribution is 2.26. The minimum atomic E-state index is -4.53. The molecule has 0 aromatic carbocycles. The van der Waals surface area contributed by atoms with Crippen LogP contribution in [0.4, 0.5) is 13.2 Å². The third kappa shape index (κ3) is 3.32. The van der Waals surface area contributed by atoms with Crippen LogP contribution in [0.2, 0.25) is 0 Å². The zero-order valence-corrected chi connectivity index (χ0v) is 8.67. The second kappa shape index (κ2) is 4.67. The Morgan fingerprint density at radius 3 is 2.53 bits per heavy atom. The van der Waals surface area contributed by atoms with Crippen molar-refractivity contribution >= 4 is 0 Å². The third-order valence-corrected chi connectivity index (χ3v) is 2.91. The highest BCUT2D eigenvalue weighted by molar-refractivity contribution is 4.85. The lowest BCUT2D eigenvalue weighted by molar-refractivity contribution is -0.208. The second-order valence-corrected chi connectivity index (χ2v) is 4.20. The van der Waals surface area contributed by atoms with Gasteiger partial charge < -0.3 is 10.8 Å². The first kappa shape index (κ1) is 12.7. The molecular weight excluding hydrogens is 209 g/mol. The van der Waals surface area contributed by atoms with Crippen molar-refractivity contribution in [1.29, 1.82) is 0 Å². The van der Waals surface area contributed by atoms with Gasteiger partial charge in [-0.25, -0.2) is 0 Å².